The first-order valence-corrected chi connectivity index (χ1v) is 10.6. The van der Waals surface area contributed by atoms with Crippen molar-refractivity contribution in [3.8, 4) is 5.75 Å². The molecule has 1 aromatic carbocycles. The average molecular weight is 405 g/mol. The summed E-state index contributed by atoms with van der Waals surface area (Å²) in [6.07, 6.45) is 2.68. The maximum atomic E-state index is 12.8. The highest BCUT2D eigenvalue weighted by Crippen LogP contribution is 2.24. The fraction of sp³-hybridized carbons (Fsp3) is 0.316. The standard InChI is InChI=1S/C19H20N2O4S2/c1-3-14-11-15-17(27-14)20-19(26-2)21(18(15)23)12-16(22)25-10-9-24-13-7-5-4-6-8-13/h4-8,11H,3,9-10,12H2,1-2H3. The largest absolute Gasteiger partial charge is 0.490 e. The number of thioether (sulfide) groups is 1. The number of fused-ring (bicyclic) bond motifs is 1. The molecule has 0 saturated carbocycles. The molecular formula is C19H20N2O4S2. The van der Waals surface area contributed by atoms with Crippen LogP contribution in [0.4, 0.5) is 0 Å². The van der Waals surface area contributed by atoms with Crippen LogP contribution in [0.25, 0.3) is 10.2 Å². The number of hydrogen-bond acceptors (Lipinski definition) is 7. The van der Waals surface area contributed by atoms with Gasteiger partial charge in [0.2, 0.25) is 0 Å². The van der Waals surface area contributed by atoms with Crippen LogP contribution in [0, 0.1) is 0 Å². The molecule has 0 aliphatic rings. The Balaban J connectivity index is 1.65. The van der Waals surface area contributed by atoms with E-state index in [1.54, 1.807) is 0 Å². The van der Waals surface area contributed by atoms with Gasteiger partial charge in [-0.2, -0.15) is 0 Å². The Bertz CT molecular complexity index is 983. The smallest absolute Gasteiger partial charge is 0.326 e. The monoisotopic (exact) mass is 404 g/mol. The molecule has 3 rings (SSSR count). The number of thiophene rings is 1. The number of esters is 1. The molecule has 3 aromatic rings. The molecule has 2 heterocycles. The normalized spacial score (nSPS) is 10.9. The molecule has 0 bridgehead atoms. The molecule has 0 fully saturated rings. The molecule has 27 heavy (non-hydrogen) atoms. The summed E-state index contributed by atoms with van der Waals surface area (Å²) < 4.78 is 12.1. The number of para-hydroxylation sites is 1. The van der Waals surface area contributed by atoms with Crippen molar-refractivity contribution in [3.05, 3.63) is 51.6 Å². The lowest BCUT2D eigenvalue weighted by Crippen LogP contribution is -2.28. The van der Waals surface area contributed by atoms with Gasteiger partial charge in [0.15, 0.2) is 5.16 Å². The fourth-order valence-electron chi connectivity index (χ4n) is 2.52. The minimum Gasteiger partial charge on any atom is -0.490 e. The SMILES string of the molecule is CCc1cc2c(=O)n(CC(=O)OCCOc3ccccc3)c(SC)nc2s1. The van der Waals surface area contributed by atoms with Gasteiger partial charge in [-0.05, 0) is 30.9 Å². The molecule has 0 saturated heterocycles. The molecule has 0 unspecified atom stereocenters. The molecule has 2 aromatic heterocycles. The van der Waals surface area contributed by atoms with Crippen molar-refractivity contribution in [3.63, 3.8) is 0 Å². The Hall–Kier alpha value is -2.32. The van der Waals surface area contributed by atoms with Crippen molar-refractivity contribution < 1.29 is 14.3 Å². The van der Waals surface area contributed by atoms with Crippen LogP contribution in [0.2, 0.25) is 0 Å². The minimum absolute atomic E-state index is 0.116. The lowest BCUT2D eigenvalue weighted by molar-refractivity contribution is -0.145. The van der Waals surface area contributed by atoms with Crippen LogP contribution < -0.4 is 10.3 Å². The van der Waals surface area contributed by atoms with Crippen molar-refractivity contribution in [2.45, 2.75) is 25.0 Å². The van der Waals surface area contributed by atoms with E-state index in [0.717, 1.165) is 11.3 Å². The first-order chi connectivity index (χ1) is 13.1. The van der Waals surface area contributed by atoms with Crippen LogP contribution in [-0.2, 0) is 22.5 Å². The molecule has 0 aliphatic carbocycles. The van der Waals surface area contributed by atoms with Crippen LogP contribution in [0.15, 0.2) is 46.3 Å². The number of nitrogens with zero attached hydrogens (tertiary/aromatic N) is 2. The molecule has 142 valence electrons. The highest BCUT2D eigenvalue weighted by Gasteiger charge is 2.16. The molecule has 0 radical (unpaired) electrons. The van der Waals surface area contributed by atoms with Crippen molar-refractivity contribution in [2.24, 2.45) is 0 Å². The van der Waals surface area contributed by atoms with E-state index in [1.165, 1.54) is 27.7 Å². The number of hydrogen-bond donors (Lipinski definition) is 0. The minimum atomic E-state index is -0.490. The summed E-state index contributed by atoms with van der Waals surface area (Å²) in [5.41, 5.74) is -0.210. The third-order valence-corrected chi connectivity index (χ3v) is 5.69. The van der Waals surface area contributed by atoms with Gasteiger partial charge in [0, 0.05) is 4.88 Å². The van der Waals surface area contributed by atoms with Gasteiger partial charge in [0.05, 0.1) is 5.39 Å². The molecule has 6 nitrogen and oxygen atoms in total. The maximum Gasteiger partial charge on any atom is 0.326 e. The molecule has 0 aliphatic heterocycles. The third kappa shape index (κ3) is 4.70. The predicted molar refractivity (Wildman–Crippen MR) is 108 cm³/mol. The fourth-order valence-corrected chi connectivity index (χ4v) is 4.09. The maximum absolute atomic E-state index is 12.8. The zero-order valence-corrected chi connectivity index (χ0v) is 16.8. The van der Waals surface area contributed by atoms with E-state index in [2.05, 4.69) is 4.98 Å². The Morgan fingerprint density at radius 1 is 1.26 bits per heavy atom. The second-order valence-corrected chi connectivity index (χ2v) is 7.55. The zero-order chi connectivity index (χ0) is 19.2. The van der Waals surface area contributed by atoms with Crippen molar-refractivity contribution in [2.75, 3.05) is 19.5 Å². The number of carbonyl (C=O) groups excluding carboxylic acids is 1. The number of rotatable bonds is 8. The second kappa shape index (κ2) is 9.05. The van der Waals surface area contributed by atoms with Crippen LogP contribution in [0.1, 0.15) is 11.8 Å². The predicted octanol–water partition coefficient (Wildman–Crippen LogP) is 3.36. The van der Waals surface area contributed by atoms with Gasteiger partial charge in [-0.3, -0.25) is 14.2 Å². The Labute approximate surface area is 165 Å². The van der Waals surface area contributed by atoms with Gasteiger partial charge < -0.3 is 9.47 Å². The third-order valence-electron chi connectivity index (χ3n) is 3.84. The summed E-state index contributed by atoms with van der Waals surface area (Å²) in [5.74, 6) is 0.226. The van der Waals surface area contributed by atoms with Crippen LogP contribution in [0.5, 0.6) is 5.75 Å². The summed E-state index contributed by atoms with van der Waals surface area (Å²) in [7, 11) is 0. The van der Waals surface area contributed by atoms with Crippen LogP contribution in [0.3, 0.4) is 0 Å². The highest BCUT2D eigenvalue weighted by atomic mass is 32.2. The summed E-state index contributed by atoms with van der Waals surface area (Å²) in [6.45, 7) is 2.24. The quantitative estimate of drug-likeness (QED) is 0.248. The second-order valence-electron chi connectivity index (χ2n) is 5.66. The summed E-state index contributed by atoms with van der Waals surface area (Å²) in [4.78, 5) is 31.3. The summed E-state index contributed by atoms with van der Waals surface area (Å²) in [5, 5.41) is 1.06. The first-order valence-electron chi connectivity index (χ1n) is 8.53. The number of benzene rings is 1. The molecule has 8 heteroatoms. The van der Waals surface area contributed by atoms with Gasteiger partial charge in [0.25, 0.3) is 5.56 Å². The van der Waals surface area contributed by atoms with Gasteiger partial charge in [-0.1, -0.05) is 36.9 Å². The van der Waals surface area contributed by atoms with E-state index < -0.39 is 5.97 Å². The molecular weight excluding hydrogens is 384 g/mol. The van der Waals surface area contributed by atoms with Crippen LogP contribution >= 0.6 is 23.1 Å². The van der Waals surface area contributed by atoms with E-state index in [4.69, 9.17) is 9.47 Å². The van der Waals surface area contributed by atoms with Crippen LogP contribution in [-0.4, -0.2) is 35.0 Å². The van der Waals surface area contributed by atoms with Gasteiger partial charge in [0.1, 0.15) is 30.3 Å². The van der Waals surface area contributed by atoms with Gasteiger partial charge in [-0.25, -0.2) is 4.98 Å². The van der Waals surface area contributed by atoms with E-state index >= 15 is 0 Å². The first kappa shape index (κ1) is 19.4. The topological polar surface area (TPSA) is 70.4 Å². The Morgan fingerprint density at radius 3 is 2.74 bits per heavy atom. The molecule has 0 amide bonds. The highest BCUT2D eigenvalue weighted by molar-refractivity contribution is 7.98. The molecule has 0 atom stereocenters. The summed E-state index contributed by atoms with van der Waals surface area (Å²) >= 11 is 2.85. The van der Waals surface area contributed by atoms with Crippen molar-refractivity contribution in [1.29, 1.82) is 0 Å². The zero-order valence-electron chi connectivity index (χ0n) is 15.1. The Kier molecular flexibility index (Phi) is 6.52. The Morgan fingerprint density at radius 2 is 2.04 bits per heavy atom. The lowest BCUT2D eigenvalue weighted by atomic mass is 10.3. The number of carbonyl (C=O) groups is 1. The number of aromatic nitrogens is 2. The van der Waals surface area contributed by atoms with Gasteiger partial charge >= 0.3 is 5.97 Å². The van der Waals surface area contributed by atoms with E-state index in [-0.39, 0.29) is 25.3 Å². The number of ether oxygens (including phenoxy) is 2. The molecule has 0 spiro atoms. The lowest BCUT2D eigenvalue weighted by Gasteiger charge is -2.11. The summed E-state index contributed by atoms with van der Waals surface area (Å²) in [6, 6.07) is 11.2. The van der Waals surface area contributed by atoms with E-state index in [1.807, 2.05) is 49.6 Å². The van der Waals surface area contributed by atoms with E-state index in [9.17, 15) is 9.59 Å². The van der Waals surface area contributed by atoms with Crippen molar-refractivity contribution >= 4 is 39.3 Å². The number of aryl methyl sites for hydroxylation is 1. The van der Waals surface area contributed by atoms with Crippen molar-refractivity contribution in [1.82, 2.24) is 9.55 Å². The van der Waals surface area contributed by atoms with Gasteiger partial charge in [-0.15, -0.1) is 11.3 Å². The average Bonchev–Trinajstić information content (AvgIpc) is 3.11. The van der Waals surface area contributed by atoms with E-state index in [0.29, 0.717) is 21.1 Å². The molecule has 0 N–H and O–H groups in total.